The van der Waals surface area contributed by atoms with E-state index in [0.29, 0.717) is 62.8 Å². The Morgan fingerprint density at radius 2 is 1.41 bits per heavy atom. The molecule has 0 radical (unpaired) electrons. The summed E-state index contributed by atoms with van der Waals surface area (Å²) in [6, 6.07) is 13.4. The van der Waals surface area contributed by atoms with Gasteiger partial charge in [-0.3, -0.25) is 4.79 Å². The van der Waals surface area contributed by atoms with Crippen LogP contribution in [0.1, 0.15) is 122 Å². The van der Waals surface area contributed by atoms with Gasteiger partial charge in [-0.25, -0.2) is 4.79 Å². The number of aliphatic hydroxyl groups is 1. The lowest BCUT2D eigenvalue weighted by Gasteiger charge is -2.54. The van der Waals surface area contributed by atoms with Crippen molar-refractivity contribution in [2.45, 2.75) is 232 Å². The number of rotatable bonds is 5. The molecule has 7 fully saturated rings. The molecular formula is C60H76O14. The lowest BCUT2D eigenvalue weighted by molar-refractivity contribution is -0.307. The van der Waals surface area contributed by atoms with Gasteiger partial charge < -0.3 is 57.2 Å². The van der Waals surface area contributed by atoms with Crippen molar-refractivity contribution in [3.05, 3.63) is 96.6 Å². The fourth-order valence-corrected chi connectivity index (χ4v) is 14.4. The second kappa shape index (κ2) is 20.9. The van der Waals surface area contributed by atoms with Gasteiger partial charge in [0.25, 0.3) is 0 Å². The quantitative estimate of drug-likeness (QED) is 0.225. The van der Waals surface area contributed by atoms with Gasteiger partial charge in [-0.2, -0.15) is 0 Å². The van der Waals surface area contributed by atoms with E-state index < -0.39 is 29.4 Å². The number of aliphatic hydroxyl groups excluding tert-OH is 1. The zero-order valence-corrected chi connectivity index (χ0v) is 43.4. The topological polar surface area (TPSA) is 156 Å². The number of hydrogen-bond acceptors (Lipinski definition) is 14. The highest BCUT2D eigenvalue weighted by Gasteiger charge is 2.57. The molecule has 0 aliphatic carbocycles. The third-order valence-corrected chi connectivity index (χ3v) is 18.0. The zero-order valence-electron chi connectivity index (χ0n) is 43.4. The fraction of sp³-hybridized carbons (Fsp3) is 0.667. The molecule has 400 valence electrons. The number of fused-ring (bicyclic) bond motifs is 10. The molecule has 7 saturated heterocycles. The van der Waals surface area contributed by atoms with Crippen LogP contribution in [0, 0.1) is 11.8 Å². The van der Waals surface area contributed by atoms with Crippen LogP contribution in [0.25, 0.3) is 10.8 Å². The molecule has 74 heavy (non-hydrogen) atoms. The van der Waals surface area contributed by atoms with Crippen LogP contribution in [0.15, 0.2) is 91.1 Å². The molecule has 0 saturated carbocycles. The van der Waals surface area contributed by atoms with E-state index in [9.17, 15) is 14.7 Å². The highest BCUT2D eigenvalue weighted by molar-refractivity contribution is 5.95. The Kier molecular flexibility index (Phi) is 14.4. The van der Waals surface area contributed by atoms with E-state index in [-0.39, 0.29) is 123 Å². The monoisotopic (exact) mass is 1020 g/mol. The molecule has 10 aliphatic heterocycles. The molecule has 2 aromatic carbocycles. The summed E-state index contributed by atoms with van der Waals surface area (Å²) in [5.41, 5.74) is -0.0278. The van der Waals surface area contributed by atoms with Crippen LogP contribution in [0.2, 0.25) is 0 Å². The zero-order chi connectivity index (χ0) is 50.9. The van der Waals surface area contributed by atoms with Crippen molar-refractivity contribution in [2.24, 2.45) is 11.8 Å². The van der Waals surface area contributed by atoms with Crippen molar-refractivity contribution >= 4 is 22.7 Å². The summed E-state index contributed by atoms with van der Waals surface area (Å²) in [7, 11) is 0. The van der Waals surface area contributed by atoms with Gasteiger partial charge in [-0.15, -0.1) is 0 Å². The molecule has 10 aliphatic rings. The van der Waals surface area contributed by atoms with Crippen LogP contribution in [0.3, 0.4) is 0 Å². The molecule has 0 spiro atoms. The molecule has 9 unspecified atom stereocenters. The third-order valence-electron chi connectivity index (χ3n) is 18.0. The fourth-order valence-electron chi connectivity index (χ4n) is 14.4. The first-order valence-electron chi connectivity index (χ1n) is 27.8. The minimum absolute atomic E-state index is 0.0641. The first-order valence-corrected chi connectivity index (χ1v) is 27.8. The normalized spacial score (nSPS) is 47.2. The highest BCUT2D eigenvalue weighted by Crippen LogP contribution is 2.48. The van der Waals surface area contributed by atoms with Gasteiger partial charge in [0.15, 0.2) is 0 Å². The summed E-state index contributed by atoms with van der Waals surface area (Å²) in [5.74, 6) is -0.107. The number of benzene rings is 2. The van der Waals surface area contributed by atoms with Crippen LogP contribution < -0.4 is 0 Å². The minimum Gasteiger partial charge on any atom is -0.459 e. The minimum atomic E-state index is -0.745. The second-order valence-corrected chi connectivity index (χ2v) is 24.0. The Bertz CT molecular complexity index is 2490. The van der Waals surface area contributed by atoms with Crippen LogP contribution in [0.5, 0.6) is 0 Å². The Morgan fingerprint density at radius 3 is 2.27 bits per heavy atom. The van der Waals surface area contributed by atoms with Crippen molar-refractivity contribution in [1.82, 2.24) is 0 Å². The van der Waals surface area contributed by atoms with Crippen LogP contribution >= 0.6 is 0 Å². The molecule has 12 rings (SSSR count). The Morgan fingerprint density at radius 1 is 0.662 bits per heavy atom. The molecular weight excluding hydrogens is 945 g/mol. The smallest absolute Gasteiger partial charge is 0.338 e. The maximum absolute atomic E-state index is 13.0. The Balaban J connectivity index is 0.672. The maximum Gasteiger partial charge on any atom is 0.338 e. The van der Waals surface area contributed by atoms with E-state index in [1.165, 1.54) is 0 Å². The van der Waals surface area contributed by atoms with E-state index in [4.69, 9.17) is 52.1 Å². The predicted molar refractivity (Wildman–Crippen MR) is 272 cm³/mol. The summed E-state index contributed by atoms with van der Waals surface area (Å²) < 4.78 is 74.2. The first-order chi connectivity index (χ1) is 35.7. The Hall–Kier alpha value is -3.80. The van der Waals surface area contributed by atoms with Gasteiger partial charge in [-0.05, 0) is 106 Å². The molecule has 0 aromatic heterocycles. The van der Waals surface area contributed by atoms with E-state index in [0.717, 1.165) is 42.0 Å². The molecule has 0 amide bonds. The second-order valence-electron chi connectivity index (χ2n) is 24.0. The lowest BCUT2D eigenvalue weighted by Crippen LogP contribution is -2.64. The van der Waals surface area contributed by atoms with Crippen molar-refractivity contribution in [1.29, 1.82) is 0 Å². The van der Waals surface area contributed by atoms with Crippen molar-refractivity contribution < 1.29 is 66.8 Å². The Labute approximate surface area is 435 Å². The largest absolute Gasteiger partial charge is 0.459 e. The molecule has 14 heteroatoms. The summed E-state index contributed by atoms with van der Waals surface area (Å²) in [6.07, 6.45) is 16.1. The van der Waals surface area contributed by atoms with Gasteiger partial charge >= 0.3 is 11.9 Å². The van der Waals surface area contributed by atoms with Crippen molar-refractivity contribution in [3.63, 3.8) is 0 Å². The lowest BCUT2D eigenvalue weighted by atomic mass is 9.78. The van der Waals surface area contributed by atoms with Crippen molar-refractivity contribution in [3.8, 4) is 0 Å². The number of ether oxygens (including phenoxy) is 11. The molecule has 0 bridgehead atoms. The summed E-state index contributed by atoms with van der Waals surface area (Å²) in [4.78, 5) is 25.3. The standard InChI is InChI=1S/C60H76O14/c1-33-23-46-49(29-55(62)70-46)69-54-28-48-50(74-59(54,4)30-33)24-35(3)56-45(67-48)15-9-8-14-41-42(71-56)16-10-18-44-43(66-41)17-11-19-53-60(5,73-44)31-52-47(68-53)27-51-57(72-52)40(61)26-39(65-51)22-34(2)32-64-58(63)38-21-20-36-12-6-7-13-37(36)25-38/h6-13,18-21,25,33,35,39-54,56-57,61H,2,14-17,22-24,26-32H2,1,3-5H3/b9-8-,18-10-,19-11-/t33-,35+,39-,40+,41?,42+,43?,44-,45?,46+,47?,48?,49?,50+,51?,52-,53?,54?,56-,57+,59-,60+/m1/s1. The molecule has 1 N–H and O–H groups in total. The van der Waals surface area contributed by atoms with E-state index in [2.05, 4.69) is 70.7 Å². The average Bonchev–Trinajstić information content (AvgIpc) is 3.67. The number of carbonyl (C=O) groups is 2. The van der Waals surface area contributed by atoms with E-state index in [1.54, 1.807) is 6.07 Å². The van der Waals surface area contributed by atoms with Gasteiger partial charge in [-0.1, -0.05) is 87.2 Å². The molecule has 2 aromatic rings. The molecule has 10 heterocycles. The van der Waals surface area contributed by atoms with E-state index in [1.807, 2.05) is 36.4 Å². The van der Waals surface area contributed by atoms with Gasteiger partial charge in [0, 0.05) is 25.7 Å². The van der Waals surface area contributed by atoms with Gasteiger partial charge in [0.2, 0.25) is 0 Å². The van der Waals surface area contributed by atoms with Gasteiger partial charge in [0.05, 0.1) is 103 Å². The maximum atomic E-state index is 13.0. The van der Waals surface area contributed by atoms with Crippen LogP contribution in [-0.2, 0) is 56.9 Å². The number of hydrogen-bond donors (Lipinski definition) is 1. The van der Waals surface area contributed by atoms with Crippen LogP contribution in [-0.4, -0.2) is 145 Å². The summed E-state index contributed by atoms with van der Waals surface area (Å²) in [5, 5.41) is 13.6. The van der Waals surface area contributed by atoms with Crippen LogP contribution in [0.4, 0.5) is 0 Å². The first kappa shape index (κ1) is 51.0. The summed E-state index contributed by atoms with van der Waals surface area (Å²) >= 11 is 0. The van der Waals surface area contributed by atoms with Gasteiger partial charge in [0.1, 0.15) is 37.1 Å². The highest BCUT2D eigenvalue weighted by atomic mass is 16.6. The number of carbonyl (C=O) groups excluding carboxylic acids is 2. The summed E-state index contributed by atoms with van der Waals surface area (Å²) in [6.45, 7) is 13.1. The van der Waals surface area contributed by atoms with Crippen molar-refractivity contribution in [2.75, 3.05) is 6.61 Å². The third kappa shape index (κ3) is 10.4. The van der Waals surface area contributed by atoms with E-state index >= 15 is 0 Å². The molecule has 22 atom stereocenters. The number of esters is 2. The molecule has 14 nitrogen and oxygen atoms in total. The predicted octanol–water partition coefficient (Wildman–Crippen LogP) is 8.54. The SMILES string of the molecule is C=C(COC(=O)c1ccc2ccccc2c1)C[C@@H]1C[C@H](O)[C@@H]2O[C@@H]3C[C@]4(C)O[C@@H]5/C=C\C[C@@H]6O[C@H]7C(C/C=C\CC6OC5C/C=C\C4OC3CC2O1)OC1CC2OC3CC(=O)O[C@H]3C[C@@H](C)C[C@@]2(C)O[C@H]1C[C@@H]7C. The average molecular weight is 1020 g/mol.